The van der Waals surface area contributed by atoms with E-state index in [1.807, 2.05) is 43.8 Å². The van der Waals surface area contributed by atoms with Gasteiger partial charge in [-0.1, -0.05) is 6.07 Å². The topological polar surface area (TPSA) is 106 Å². The molecule has 0 atom stereocenters. The van der Waals surface area contributed by atoms with Gasteiger partial charge in [-0.05, 0) is 31.5 Å². The normalized spacial score (nSPS) is 11.0. The Morgan fingerprint density at radius 2 is 2.14 bits per heavy atom. The molecule has 4 heterocycles. The number of H-pyrrole nitrogens is 1. The van der Waals surface area contributed by atoms with Crippen molar-refractivity contribution in [3.8, 4) is 17.1 Å². The SMILES string of the molecule is Cc1nn(C)c(C)c1-c1cc(C(=O)NCc2ccc(-n3ccnc3)nc2)[nH]n1. The molecule has 9 heteroatoms. The summed E-state index contributed by atoms with van der Waals surface area (Å²) in [5, 5.41) is 14.4. The molecule has 1 amide bonds. The molecule has 0 aliphatic carbocycles. The summed E-state index contributed by atoms with van der Waals surface area (Å²) in [5.41, 5.74) is 4.83. The highest BCUT2D eigenvalue weighted by atomic mass is 16.1. The minimum absolute atomic E-state index is 0.225. The first-order chi connectivity index (χ1) is 13.5. The van der Waals surface area contributed by atoms with E-state index in [1.54, 1.807) is 29.5 Å². The molecule has 28 heavy (non-hydrogen) atoms. The number of hydrogen-bond acceptors (Lipinski definition) is 5. The lowest BCUT2D eigenvalue weighted by Crippen LogP contribution is -2.23. The van der Waals surface area contributed by atoms with Crippen LogP contribution in [0.1, 0.15) is 27.4 Å². The summed E-state index contributed by atoms with van der Waals surface area (Å²) < 4.78 is 3.62. The quantitative estimate of drug-likeness (QED) is 0.554. The van der Waals surface area contributed by atoms with Crippen molar-refractivity contribution in [3.63, 3.8) is 0 Å². The smallest absolute Gasteiger partial charge is 0.269 e. The standard InChI is InChI=1S/C19H20N8O/c1-12-18(13(2)26(3)25-12)15-8-16(24-23-15)19(28)22-10-14-4-5-17(21-9-14)27-7-6-20-11-27/h4-9,11H,10H2,1-3H3,(H,22,28)(H,23,24). The number of aromatic nitrogens is 7. The van der Waals surface area contributed by atoms with E-state index < -0.39 is 0 Å². The van der Waals surface area contributed by atoms with Crippen LogP contribution in [-0.2, 0) is 13.6 Å². The van der Waals surface area contributed by atoms with Crippen molar-refractivity contribution in [2.75, 3.05) is 0 Å². The number of carbonyl (C=O) groups excluding carboxylic acids is 1. The lowest BCUT2D eigenvalue weighted by atomic mass is 10.1. The second-order valence-corrected chi connectivity index (χ2v) is 6.51. The lowest BCUT2D eigenvalue weighted by molar-refractivity contribution is 0.0946. The van der Waals surface area contributed by atoms with Crippen LogP contribution in [0.4, 0.5) is 0 Å². The first kappa shape index (κ1) is 17.7. The molecule has 0 bridgehead atoms. The number of carbonyl (C=O) groups is 1. The van der Waals surface area contributed by atoms with E-state index >= 15 is 0 Å². The third-order valence-corrected chi connectivity index (χ3v) is 4.62. The molecule has 0 saturated heterocycles. The Kier molecular flexibility index (Phi) is 4.48. The number of aryl methyl sites for hydroxylation is 2. The molecule has 9 nitrogen and oxygen atoms in total. The van der Waals surface area contributed by atoms with Crippen LogP contribution in [0.2, 0.25) is 0 Å². The van der Waals surface area contributed by atoms with Crippen LogP contribution in [0, 0.1) is 13.8 Å². The monoisotopic (exact) mass is 376 g/mol. The van der Waals surface area contributed by atoms with Gasteiger partial charge in [-0.25, -0.2) is 9.97 Å². The molecule has 0 unspecified atom stereocenters. The van der Waals surface area contributed by atoms with E-state index in [0.717, 1.165) is 28.3 Å². The van der Waals surface area contributed by atoms with E-state index in [2.05, 4.69) is 30.6 Å². The summed E-state index contributed by atoms with van der Waals surface area (Å²) >= 11 is 0. The first-order valence-electron chi connectivity index (χ1n) is 8.80. The van der Waals surface area contributed by atoms with Gasteiger partial charge < -0.3 is 5.32 Å². The van der Waals surface area contributed by atoms with Crippen molar-refractivity contribution in [2.24, 2.45) is 7.05 Å². The third kappa shape index (κ3) is 3.29. The largest absolute Gasteiger partial charge is 0.347 e. The fourth-order valence-corrected chi connectivity index (χ4v) is 3.06. The van der Waals surface area contributed by atoms with E-state index in [1.165, 1.54) is 0 Å². The van der Waals surface area contributed by atoms with Crippen molar-refractivity contribution in [3.05, 3.63) is 65.8 Å². The molecule has 0 radical (unpaired) electrons. The van der Waals surface area contributed by atoms with Gasteiger partial charge in [0.15, 0.2) is 0 Å². The second-order valence-electron chi connectivity index (χ2n) is 6.51. The summed E-state index contributed by atoms with van der Waals surface area (Å²) in [6.45, 7) is 4.27. The molecular formula is C19H20N8O. The van der Waals surface area contributed by atoms with Crippen molar-refractivity contribution in [2.45, 2.75) is 20.4 Å². The Bertz CT molecular complexity index is 1110. The maximum absolute atomic E-state index is 12.5. The molecule has 0 aliphatic rings. The molecule has 4 aromatic heterocycles. The van der Waals surface area contributed by atoms with Gasteiger partial charge in [-0.2, -0.15) is 10.2 Å². The molecule has 0 saturated carbocycles. The highest BCUT2D eigenvalue weighted by Crippen LogP contribution is 2.25. The third-order valence-electron chi connectivity index (χ3n) is 4.62. The van der Waals surface area contributed by atoms with Gasteiger partial charge in [0.25, 0.3) is 5.91 Å². The molecule has 142 valence electrons. The van der Waals surface area contributed by atoms with Gasteiger partial charge in [0.2, 0.25) is 0 Å². The Morgan fingerprint density at radius 3 is 2.79 bits per heavy atom. The summed E-state index contributed by atoms with van der Waals surface area (Å²) in [7, 11) is 1.89. The Labute approximate surface area is 161 Å². The summed E-state index contributed by atoms with van der Waals surface area (Å²) in [6, 6.07) is 5.54. The minimum atomic E-state index is -0.225. The molecule has 4 rings (SSSR count). The zero-order valence-corrected chi connectivity index (χ0v) is 15.8. The van der Waals surface area contributed by atoms with Gasteiger partial charge in [0.05, 0.1) is 11.4 Å². The molecule has 0 fully saturated rings. The number of aromatic amines is 1. The predicted octanol–water partition coefficient (Wildman–Crippen LogP) is 1.94. The number of nitrogens with one attached hydrogen (secondary N) is 2. The minimum Gasteiger partial charge on any atom is -0.347 e. The van der Waals surface area contributed by atoms with Gasteiger partial charge >= 0.3 is 0 Å². The molecule has 4 aromatic rings. The number of pyridine rings is 1. The van der Waals surface area contributed by atoms with Crippen LogP contribution in [0.15, 0.2) is 43.1 Å². The maximum atomic E-state index is 12.5. The number of rotatable bonds is 5. The van der Waals surface area contributed by atoms with E-state index in [0.29, 0.717) is 17.9 Å². The van der Waals surface area contributed by atoms with E-state index in [9.17, 15) is 4.79 Å². The van der Waals surface area contributed by atoms with Crippen LogP contribution in [0.5, 0.6) is 0 Å². The summed E-state index contributed by atoms with van der Waals surface area (Å²) in [6.07, 6.45) is 6.94. The van der Waals surface area contributed by atoms with Crippen LogP contribution < -0.4 is 5.32 Å². The highest BCUT2D eigenvalue weighted by molar-refractivity contribution is 5.93. The number of amides is 1. The molecule has 0 spiro atoms. The Morgan fingerprint density at radius 1 is 1.29 bits per heavy atom. The zero-order valence-electron chi connectivity index (χ0n) is 15.8. The van der Waals surface area contributed by atoms with Crippen molar-refractivity contribution in [1.29, 1.82) is 0 Å². The Hall–Kier alpha value is -3.75. The average molecular weight is 376 g/mol. The van der Waals surface area contributed by atoms with Gasteiger partial charge in [0, 0.05) is 43.4 Å². The predicted molar refractivity (Wildman–Crippen MR) is 103 cm³/mol. The van der Waals surface area contributed by atoms with Crippen molar-refractivity contribution < 1.29 is 4.79 Å². The number of hydrogen-bond donors (Lipinski definition) is 2. The lowest BCUT2D eigenvalue weighted by Gasteiger charge is -2.05. The second kappa shape index (κ2) is 7.10. The molecule has 2 N–H and O–H groups in total. The van der Waals surface area contributed by atoms with Crippen LogP contribution in [0.25, 0.3) is 17.1 Å². The fourth-order valence-electron chi connectivity index (χ4n) is 3.06. The van der Waals surface area contributed by atoms with Crippen LogP contribution in [-0.4, -0.2) is 40.4 Å². The van der Waals surface area contributed by atoms with Gasteiger partial charge in [0.1, 0.15) is 17.8 Å². The Balaban J connectivity index is 1.42. The number of nitrogens with zero attached hydrogens (tertiary/aromatic N) is 6. The first-order valence-corrected chi connectivity index (χ1v) is 8.80. The molecular weight excluding hydrogens is 356 g/mol. The zero-order chi connectivity index (χ0) is 19.7. The van der Waals surface area contributed by atoms with Gasteiger partial charge in [-0.3, -0.25) is 19.1 Å². The van der Waals surface area contributed by atoms with Crippen LogP contribution in [0.3, 0.4) is 0 Å². The summed E-state index contributed by atoms with van der Waals surface area (Å²) in [4.78, 5) is 20.8. The molecule has 0 aromatic carbocycles. The fraction of sp³-hybridized carbons (Fsp3) is 0.211. The summed E-state index contributed by atoms with van der Waals surface area (Å²) in [5.74, 6) is 0.546. The van der Waals surface area contributed by atoms with Crippen molar-refractivity contribution >= 4 is 5.91 Å². The highest BCUT2D eigenvalue weighted by Gasteiger charge is 2.17. The van der Waals surface area contributed by atoms with E-state index in [4.69, 9.17) is 0 Å². The maximum Gasteiger partial charge on any atom is 0.269 e. The van der Waals surface area contributed by atoms with Crippen molar-refractivity contribution in [1.82, 2.24) is 39.8 Å². The van der Waals surface area contributed by atoms with Crippen LogP contribution >= 0.6 is 0 Å². The van der Waals surface area contributed by atoms with Gasteiger partial charge in [-0.15, -0.1) is 0 Å². The van der Waals surface area contributed by atoms with E-state index in [-0.39, 0.29) is 5.91 Å². The number of imidazole rings is 1. The molecule has 0 aliphatic heterocycles. The average Bonchev–Trinajstić information content (AvgIpc) is 3.42.